The Labute approximate surface area is 209 Å². The van der Waals surface area contributed by atoms with Crippen molar-refractivity contribution >= 4 is 35.5 Å². The van der Waals surface area contributed by atoms with Crippen molar-refractivity contribution in [1.82, 2.24) is 16.0 Å². The molecule has 0 radical (unpaired) electrons. The molecule has 4 atom stereocenters. The first-order chi connectivity index (χ1) is 16.5. The molecule has 1 rings (SSSR count). The van der Waals surface area contributed by atoms with E-state index >= 15 is 0 Å². The Hall–Kier alpha value is -2.83. The van der Waals surface area contributed by atoms with Crippen LogP contribution in [0.5, 0.6) is 5.75 Å². The van der Waals surface area contributed by atoms with Gasteiger partial charge < -0.3 is 37.0 Å². The van der Waals surface area contributed by atoms with Gasteiger partial charge in [0.2, 0.25) is 17.7 Å². The van der Waals surface area contributed by atoms with Crippen molar-refractivity contribution in [2.24, 2.45) is 11.7 Å². The summed E-state index contributed by atoms with van der Waals surface area (Å²) in [7, 11) is 0. The van der Waals surface area contributed by atoms with E-state index in [2.05, 4.69) is 16.0 Å². The highest BCUT2D eigenvalue weighted by Gasteiger charge is 2.30. The van der Waals surface area contributed by atoms with Crippen molar-refractivity contribution in [1.29, 1.82) is 0 Å². The Balaban J connectivity index is 3.08. The number of amides is 3. The fourth-order valence-electron chi connectivity index (χ4n) is 3.18. The molecule has 196 valence electrons. The third-order valence-electron chi connectivity index (χ3n) is 5.11. The van der Waals surface area contributed by atoms with Crippen LogP contribution in [0.15, 0.2) is 24.3 Å². The third-order valence-corrected chi connectivity index (χ3v) is 5.75. The van der Waals surface area contributed by atoms with Crippen LogP contribution in [-0.2, 0) is 25.6 Å². The van der Waals surface area contributed by atoms with Crippen LogP contribution in [0.4, 0.5) is 0 Å². The number of nitrogens with one attached hydrogen (secondary N) is 3. The number of benzene rings is 1. The van der Waals surface area contributed by atoms with E-state index in [1.165, 1.54) is 23.9 Å². The van der Waals surface area contributed by atoms with E-state index in [-0.39, 0.29) is 30.9 Å². The Morgan fingerprint density at radius 1 is 0.943 bits per heavy atom. The highest BCUT2D eigenvalue weighted by atomic mass is 32.2. The molecule has 0 aliphatic rings. The summed E-state index contributed by atoms with van der Waals surface area (Å²) in [6.07, 6.45) is 2.32. The van der Waals surface area contributed by atoms with E-state index in [9.17, 15) is 29.4 Å². The number of phenols is 1. The van der Waals surface area contributed by atoms with Gasteiger partial charge in [0.15, 0.2) is 0 Å². The van der Waals surface area contributed by atoms with Gasteiger partial charge in [0.05, 0.1) is 6.61 Å². The largest absolute Gasteiger partial charge is 0.508 e. The number of aliphatic carboxylic acids is 1. The van der Waals surface area contributed by atoms with Crippen LogP contribution in [0.1, 0.15) is 32.3 Å². The highest BCUT2D eigenvalue weighted by Crippen LogP contribution is 2.12. The molecule has 4 unspecified atom stereocenters. The number of aliphatic hydroxyl groups is 1. The molecule has 0 bridgehead atoms. The van der Waals surface area contributed by atoms with E-state index in [1.54, 1.807) is 12.1 Å². The van der Waals surface area contributed by atoms with E-state index in [0.717, 1.165) is 0 Å². The zero-order valence-corrected chi connectivity index (χ0v) is 21.0. The number of nitrogens with two attached hydrogens (primary N) is 1. The van der Waals surface area contributed by atoms with Gasteiger partial charge in [-0.1, -0.05) is 26.0 Å². The van der Waals surface area contributed by atoms with Gasteiger partial charge in [-0.25, -0.2) is 4.79 Å². The molecule has 0 aliphatic carbocycles. The topological polar surface area (TPSA) is 191 Å². The highest BCUT2D eigenvalue weighted by molar-refractivity contribution is 7.98. The number of aromatic hydroxyl groups is 1. The number of rotatable bonds is 15. The molecular weight excluding hydrogens is 476 g/mol. The molecule has 8 N–H and O–H groups in total. The summed E-state index contributed by atoms with van der Waals surface area (Å²) >= 11 is 1.45. The average Bonchev–Trinajstić information content (AvgIpc) is 2.80. The lowest BCUT2D eigenvalue weighted by molar-refractivity contribution is -0.142. The lowest BCUT2D eigenvalue weighted by Crippen LogP contribution is -2.58. The minimum absolute atomic E-state index is 0.0243. The van der Waals surface area contributed by atoms with Crippen molar-refractivity contribution in [3.05, 3.63) is 29.8 Å². The van der Waals surface area contributed by atoms with Gasteiger partial charge in [0.25, 0.3) is 0 Å². The van der Waals surface area contributed by atoms with Gasteiger partial charge in [0.1, 0.15) is 29.9 Å². The number of hydrogen-bond acceptors (Lipinski definition) is 8. The smallest absolute Gasteiger partial charge is 0.326 e. The molecule has 1 aromatic carbocycles. The van der Waals surface area contributed by atoms with Crippen molar-refractivity contribution < 1.29 is 34.5 Å². The first-order valence-electron chi connectivity index (χ1n) is 11.3. The minimum Gasteiger partial charge on any atom is -0.508 e. The molecule has 0 saturated heterocycles. The monoisotopic (exact) mass is 512 g/mol. The SMILES string of the molecule is CSCCC(NC(=O)C(Cc1ccc(O)cc1)NC(=O)C(N)CO)C(=O)NC(CC(C)C)C(=O)O. The number of carboxylic acids is 1. The van der Waals surface area contributed by atoms with Crippen LogP contribution in [0.25, 0.3) is 0 Å². The standard InChI is InChI=1S/C23H36N4O7S/c1-13(2)10-19(23(33)34)27-21(31)17(8-9-35-3)25-22(32)18(26-20(30)16(24)12-28)11-14-4-6-15(29)7-5-14/h4-7,13,16-19,28-29H,8-12,24H2,1-3H3,(H,25,32)(H,26,30)(H,27,31)(H,33,34). The van der Waals surface area contributed by atoms with Crippen molar-refractivity contribution in [3.63, 3.8) is 0 Å². The predicted molar refractivity (Wildman–Crippen MR) is 133 cm³/mol. The molecule has 1 aromatic rings. The fraction of sp³-hybridized carbons (Fsp3) is 0.565. The van der Waals surface area contributed by atoms with Gasteiger partial charge in [-0.15, -0.1) is 0 Å². The van der Waals surface area contributed by atoms with E-state index in [4.69, 9.17) is 10.8 Å². The van der Waals surface area contributed by atoms with E-state index in [0.29, 0.717) is 11.3 Å². The van der Waals surface area contributed by atoms with Crippen molar-refractivity contribution in [2.75, 3.05) is 18.6 Å². The van der Waals surface area contributed by atoms with Gasteiger partial charge in [0, 0.05) is 6.42 Å². The molecule has 0 saturated carbocycles. The second-order valence-electron chi connectivity index (χ2n) is 8.59. The van der Waals surface area contributed by atoms with Crippen LogP contribution in [0.2, 0.25) is 0 Å². The van der Waals surface area contributed by atoms with E-state index < -0.39 is 54.5 Å². The molecule has 0 heterocycles. The predicted octanol–water partition coefficient (Wildman–Crippen LogP) is -0.407. The second kappa shape index (κ2) is 15.2. The third kappa shape index (κ3) is 11.0. The summed E-state index contributed by atoms with van der Waals surface area (Å²) in [4.78, 5) is 49.9. The Morgan fingerprint density at radius 2 is 1.49 bits per heavy atom. The summed E-state index contributed by atoms with van der Waals surface area (Å²) in [6, 6.07) is 1.50. The Bertz CT molecular complexity index is 851. The van der Waals surface area contributed by atoms with Crippen LogP contribution in [0, 0.1) is 5.92 Å². The first kappa shape index (κ1) is 30.2. The molecule has 0 spiro atoms. The number of hydrogen-bond donors (Lipinski definition) is 7. The molecule has 0 aromatic heterocycles. The number of carboxylic acid groups (broad SMARTS) is 1. The van der Waals surface area contributed by atoms with Crippen LogP contribution in [-0.4, -0.2) is 81.8 Å². The van der Waals surface area contributed by atoms with Gasteiger partial charge in [-0.05, 0) is 48.5 Å². The molecular formula is C23H36N4O7S. The van der Waals surface area contributed by atoms with Crippen LogP contribution < -0.4 is 21.7 Å². The fourth-order valence-corrected chi connectivity index (χ4v) is 3.65. The van der Waals surface area contributed by atoms with Gasteiger partial charge in [-0.3, -0.25) is 14.4 Å². The maximum atomic E-state index is 13.2. The van der Waals surface area contributed by atoms with Crippen LogP contribution in [0.3, 0.4) is 0 Å². The molecule has 11 nitrogen and oxygen atoms in total. The molecule has 35 heavy (non-hydrogen) atoms. The summed E-state index contributed by atoms with van der Waals surface area (Å²) in [5, 5.41) is 35.7. The van der Waals surface area contributed by atoms with Gasteiger partial charge in [-0.2, -0.15) is 11.8 Å². The quantitative estimate of drug-likeness (QED) is 0.164. The molecule has 0 fully saturated rings. The van der Waals surface area contributed by atoms with E-state index in [1.807, 2.05) is 20.1 Å². The Kier molecular flexibility index (Phi) is 13.1. The maximum Gasteiger partial charge on any atom is 0.326 e. The summed E-state index contributed by atoms with van der Waals surface area (Å²) in [5.41, 5.74) is 6.19. The summed E-state index contributed by atoms with van der Waals surface area (Å²) in [5.74, 6) is -2.65. The number of aliphatic hydroxyl groups excluding tert-OH is 1. The van der Waals surface area contributed by atoms with Crippen molar-refractivity contribution in [3.8, 4) is 5.75 Å². The van der Waals surface area contributed by atoms with Gasteiger partial charge >= 0.3 is 5.97 Å². The molecule has 0 aliphatic heterocycles. The van der Waals surface area contributed by atoms with Crippen LogP contribution >= 0.6 is 11.8 Å². The zero-order valence-electron chi connectivity index (χ0n) is 20.2. The van der Waals surface area contributed by atoms with Crippen molar-refractivity contribution in [2.45, 2.75) is 57.3 Å². The molecule has 12 heteroatoms. The number of carbonyl (C=O) groups excluding carboxylic acids is 3. The lowest BCUT2D eigenvalue weighted by Gasteiger charge is -2.25. The second-order valence-corrected chi connectivity index (χ2v) is 9.58. The maximum absolute atomic E-state index is 13.2. The Morgan fingerprint density at radius 3 is 2.00 bits per heavy atom. The number of phenolic OH excluding ortho intramolecular Hbond substituents is 1. The zero-order chi connectivity index (χ0) is 26.5. The summed E-state index contributed by atoms with van der Waals surface area (Å²) in [6.45, 7) is 3.05. The number of thioether (sulfide) groups is 1. The minimum atomic E-state index is -1.24. The average molecular weight is 513 g/mol. The molecule has 3 amide bonds. The number of carbonyl (C=O) groups is 4. The summed E-state index contributed by atoms with van der Waals surface area (Å²) < 4.78 is 0. The lowest BCUT2D eigenvalue weighted by atomic mass is 10.0. The normalized spacial score (nSPS) is 14.5. The first-order valence-corrected chi connectivity index (χ1v) is 12.6.